The van der Waals surface area contributed by atoms with Crippen molar-refractivity contribution in [3.05, 3.63) is 34.7 Å². The van der Waals surface area contributed by atoms with E-state index in [1.165, 1.54) is 20.5 Å². The third-order valence-corrected chi connectivity index (χ3v) is 4.92. The first-order chi connectivity index (χ1) is 10.3. The summed E-state index contributed by atoms with van der Waals surface area (Å²) in [4.78, 5) is 3.91. The Hall–Kier alpha value is -0.940. The van der Waals surface area contributed by atoms with Gasteiger partial charge in [0.25, 0.3) is 0 Å². The van der Waals surface area contributed by atoms with Crippen molar-refractivity contribution >= 4 is 21.4 Å². The average molecular weight is 306 g/mol. The molecule has 116 valence electrons. The monoisotopic (exact) mass is 306 g/mol. The topological polar surface area (TPSA) is 24.5 Å². The number of rotatable bonds is 9. The Balaban J connectivity index is 2.19. The number of fused-ring (bicyclic) bond motifs is 1. The van der Waals surface area contributed by atoms with Crippen molar-refractivity contribution in [3.63, 3.8) is 0 Å². The maximum absolute atomic E-state index is 5.50. The minimum absolute atomic E-state index is 0.796. The summed E-state index contributed by atoms with van der Waals surface area (Å²) in [6, 6.07) is 8.73. The predicted octanol–water partition coefficient (Wildman–Crippen LogP) is 3.48. The molecule has 2 rings (SSSR count). The number of hydrogen-bond donors (Lipinski definition) is 1. The van der Waals surface area contributed by atoms with Gasteiger partial charge in [0.2, 0.25) is 0 Å². The van der Waals surface area contributed by atoms with Crippen LogP contribution >= 0.6 is 11.3 Å². The molecule has 1 N–H and O–H groups in total. The summed E-state index contributed by atoms with van der Waals surface area (Å²) in [6.07, 6.45) is 0. The molecule has 0 amide bonds. The molecule has 0 saturated heterocycles. The Labute approximate surface area is 131 Å². The second kappa shape index (κ2) is 8.49. The highest BCUT2D eigenvalue weighted by molar-refractivity contribution is 7.19. The van der Waals surface area contributed by atoms with Gasteiger partial charge >= 0.3 is 0 Å². The predicted molar refractivity (Wildman–Crippen MR) is 92.0 cm³/mol. The number of nitrogens with zero attached hydrogens (tertiary/aromatic N) is 1. The van der Waals surface area contributed by atoms with Gasteiger partial charge in [-0.3, -0.25) is 4.90 Å². The summed E-state index contributed by atoms with van der Waals surface area (Å²) in [6.45, 7) is 9.87. The van der Waals surface area contributed by atoms with Crippen molar-refractivity contribution in [2.45, 2.75) is 26.9 Å². The lowest BCUT2D eigenvalue weighted by molar-refractivity contribution is 0.113. The summed E-state index contributed by atoms with van der Waals surface area (Å²) in [5, 5.41) is 4.70. The number of nitrogens with one attached hydrogen (secondary N) is 1. The molecule has 4 heteroatoms. The normalized spacial score (nSPS) is 11.6. The molecular formula is C17H26N2OS. The fourth-order valence-corrected chi connectivity index (χ4v) is 3.76. The molecule has 1 heterocycles. The molecule has 0 saturated carbocycles. The first-order valence-electron chi connectivity index (χ1n) is 7.74. The minimum atomic E-state index is 0.796. The van der Waals surface area contributed by atoms with Crippen LogP contribution in [0.5, 0.6) is 0 Å². The van der Waals surface area contributed by atoms with Crippen molar-refractivity contribution in [1.82, 2.24) is 10.2 Å². The summed E-state index contributed by atoms with van der Waals surface area (Å²) in [7, 11) is 2.01. The standard InChI is InChI=1S/C17H26N2OS/c1-4-19(10-11-20-5-2)13-15-14-8-6-7-9-16(14)21-17(15)12-18-3/h6-9,18H,4-5,10-13H2,1-3H3. The zero-order valence-electron chi connectivity index (χ0n) is 13.3. The molecule has 0 atom stereocenters. The average Bonchev–Trinajstić information content (AvgIpc) is 2.84. The first-order valence-corrected chi connectivity index (χ1v) is 8.55. The maximum atomic E-state index is 5.50. The highest BCUT2D eigenvalue weighted by atomic mass is 32.1. The van der Waals surface area contributed by atoms with E-state index < -0.39 is 0 Å². The van der Waals surface area contributed by atoms with Gasteiger partial charge < -0.3 is 10.1 Å². The van der Waals surface area contributed by atoms with Gasteiger partial charge in [-0.15, -0.1) is 11.3 Å². The maximum Gasteiger partial charge on any atom is 0.0593 e. The van der Waals surface area contributed by atoms with Crippen LogP contribution in [-0.4, -0.2) is 38.3 Å². The van der Waals surface area contributed by atoms with Crippen LogP contribution in [0.3, 0.4) is 0 Å². The van der Waals surface area contributed by atoms with Gasteiger partial charge in [0, 0.05) is 35.8 Å². The van der Waals surface area contributed by atoms with Crippen LogP contribution in [0.2, 0.25) is 0 Å². The van der Waals surface area contributed by atoms with E-state index in [9.17, 15) is 0 Å². The number of thiophene rings is 1. The fourth-order valence-electron chi connectivity index (χ4n) is 2.54. The Morgan fingerprint density at radius 2 is 2.05 bits per heavy atom. The van der Waals surface area contributed by atoms with E-state index in [4.69, 9.17) is 4.74 Å². The van der Waals surface area contributed by atoms with E-state index in [-0.39, 0.29) is 0 Å². The van der Waals surface area contributed by atoms with Crippen LogP contribution in [0, 0.1) is 0 Å². The van der Waals surface area contributed by atoms with Gasteiger partial charge in [0.15, 0.2) is 0 Å². The molecule has 21 heavy (non-hydrogen) atoms. The zero-order valence-corrected chi connectivity index (χ0v) is 14.1. The van der Waals surface area contributed by atoms with E-state index in [1.54, 1.807) is 0 Å². The van der Waals surface area contributed by atoms with E-state index in [0.29, 0.717) is 0 Å². The van der Waals surface area contributed by atoms with Crippen LogP contribution in [0.4, 0.5) is 0 Å². The Morgan fingerprint density at radius 3 is 2.76 bits per heavy atom. The number of benzene rings is 1. The van der Waals surface area contributed by atoms with Crippen molar-refractivity contribution in [2.75, 3.05) is 33.4 Å². The molecule has 0 aliphatic heterocycles. The molecule has 0 aliphatic carbocycles. The van der Waals surface area contributed by atoms with Crippen molar-refractivity contribution in [2.24, 2.45) is 0 Å². The van der Waals surface area contributed by atoms with Gasteiger partial charge in [0.05, 0.1) is 6.61 Å². The highest BCUT2D eigenvalue weighted by Gasteiger charge is 2.14. The molecular weight excluding hydrogens is 280 g/mol. The summed E-state index contributed by atoms with van der Waals surface area (Å²) >= 11 is 1.91. The van der Waals surface area contributed by atoms with Crippen LogP contribution in [0.25, 0.3) is 10.1 Å². The van der Waals surface area contributed by atoms with Gasteiger partial charge in [-0.2, -0.15) is 0 Å². The van der Waals surface area contributed by atoms with E-state index in [2.05, 4.69) is 41.4 Å². The molecule has 0 unspecified atom stereocenters. The number of ether oxygens (including phenoxy) is 1. The second-order valence-electron chi connectivity index (χ2n) is 5.10. The van der Waals surface area contributed by atoms with Crippen LogP contribution in [-0.2, 0) is 17.8 Å². The minimum Gasteiger partial charge on any atom is -0.380 e. The van der Waals surface area contributed by atoms with Gasteiger partial charge in [-0.25, -0.2) is 0 Å². The molecule has 0 fully saturated rings. The van der Waals surface area contributed by atoms with Crippen LogP contribution < -0.4 is 5.32 Å². The van der Waals surface area contributed by atoms with Crippen molar-refractivity contribution in [1.29, 1.82) is 0 Å². The molecule has 3 nitrogen and oxygen atoms in total. The van der Waals surface area contributed by atoms with E-state index in [1.807, 2.05) is 25.3 Å². The Bertz CT molecular complexity index is 553. The molecule has 0 spiro atoms. The highest BCUT2D eigenvalue weighted by Crippen LogP contribution is 2.32. The van der Waals surface area contributed by atoms with Crippen molar-refractivity contribution in [3.8, 4) is 0 Å². The molecule has 1 aromatic carbocycles. The largest absolute Gasteiger partial charge is 0.380 e. The molecule has 0 bridgehead atoms. The first kappa shape index (κ1) is 16.4. The SMILES string of the molecule is CCOCCN(CC)Cc1c(CNC)sc2ccccc12. The second-order valence-corrected chi connectivity index (χ2v) is 6.23. The Morgan fingerprint density at radius 1 is 1.24 bits per heavy atom. The smallest absolute Gasteiger partial charge is 0.0593 e. The Kier molecular flexibility index (Phi) is 6.64. The lowest BCUT2D eigenvalue weighted by Crippen LogP contribution is -2.27. The quantitative estimate of drug-likeness (QED) is 0.718. The third kappa shape index (κ3) is 4.27. The van der Waals surface area contributed by atoms with Crippen LogP contribution in [0.15, 0.2) is 24.3 Å². The summed E-state index contributed by atoms with van der Waals surface area (Å²) < 4.78 is 6.89. The number of hydrogen-bond acceptors (Lipinski definition) is 4. The van der Waals surface area contributed by atoms with Gasteiger partial charge in [-0.05, 0) is 37.5 Å². The molecule has 2 aromatic rings. The van der Waals surface area contributed by atoms with E-state index in [0.717, 1.165) is 39.4 Å². The lowest BCUT2D eigenvalue weighted by Gasteiger charge is -2.21. The number of likely N-dealkylation sites (N-methyl/N-ethyl adjacent to an activating group) is 1. The van der Waals surface area contributed by atoms with Gasteiger partial charge in [-0.1, -0.05) is 25.1 Å². The summed E-state index contributed by atoms with van der Waals surface area (Å²) in [5.41, 5.74) is 1.48. The lowest BCUT2D eigenvalue weighted by atomic mass is 10.1. The zero-order chi connectivity index (χ0) is 15.1. The van der Waals surface area contributed by atoms with Gasteiger partial charge in [0.1, 0.15) is 0 Å². The fraction of sp³-hybridized carbons (Fsp3) is 0.529. The third-order valence-electron chi connectivity index (χ3n) is 3.70. The van der Waals surface area contributed by atoms with Crippen molar-refractivity contribution < 1.29 is 4.74 Å². The summed E-state index contributed by atoms with van der Waals surface area (Å²) in [5.74, 6) is 0. The molecule has 1 aromatic heterocycles. The van der Waals surface area contributed by atoms with E-state index >= 15 is 0 Å². The van der Waals surface area contributed by atoms with Crippen LogP contribution in [0.1, 0.15) is 24.3 Å². The molecule has 0 aliphatic rings. The molecule has 0 radical (unpaired) electrons.